The topological polar surface area (TPSA) is 72.9 Å². The zero-order valence-electron chi connectivity index (χ0n) is 12.5. The molecule has 0 spiro atoms. The third-order valence-corrected chi connectivity index (χ3v) is 3.83. The third-order valence-electron chi connectivity index (χ3n) is 3.83. The van der Waals surface area contributed by atoms with Crippen LogP contribution in [0.1, 0.15) is 47.4 Å². The molecule has 1 fully saturated rings. The summed E-state index contributed by atoms with van der Waals surface area (Å²) in [6.45, 7) is 4.70. The molecule has 6 nitrogen and oxygen atoms in total. The van der Waals surface area contributed by atoms with Gasteiger partial charge >= 0.3 is 5.97 Å². The predicted molar refractivity (Wildman–Crippen MR) is 75.8 cm³/mol. The number of benzene rings is 1. The summed E-state index contributed by atoms with van der Waals surface area (Å²) in [5.74, 6) is -1.86. The van der Waals surface area contributed by atoms with Gasteiger partial charge in [-0.25, -0.2) is 4.79 Å². The van der Waals surface area contributed by atoms with E-state index in [9.17, 15) is 14.4 Å². The molecule has 1 unspecified atom stereocenters. The molecule has 1 aromatic carbocycles. The number of imide groups is 1. The molecule has 0 bridgehead atoms. The third kappa shape index (κ3) is 2.62. The normalized spacial score (nSPS) is 22.8. The smallest absolute Gasteiger partial charge is 0.335 e. The highest BCUT2D eigenvalue weighted by molar-refractivity contribution is 6.20. The quantitative estimate of drug-likeness (QED) is 0.798. The summed E-state index contributed by atoms with van der Waals surface area (Å²) in [7, 11) is 0. The fraction of sp³-hybridized carbons (Fsp3) is 0.438. The molecule has 6 heteroatoms. The molecule has 1 aromatic rings. The maximum Gasteiger partial charge on any atom is 0.335 e. The second-order valence-corrected chi connectivity index (χ2v) is 6.42. The van der Waals surface area contributed by atoms with E-state index in [1.165, 1.54) is 12.1 Å². The zero-order valence-corrected chi connectivity index (χ0v) is 12.5. The van der Waals surface area contributed by atoms with Crippen molar-refractivity contribution >= 4 is 17.8 Å². The Kier molecular flexibility index (Phi) is 3.48. The molecular weight excluding hydrogens is 286 g/mol. The molecular formula is C16H17NO5. The van der Waals surface area contributed by atoms with Gasteiger partial charge in [0.05, 0.1) is 30.3 Å². The van der Waals surface area contributed by atoms with Gasteiger partial charge in [-0.3, -0.25) is 9.59 Å². The van der Waals surface area contributed by atoms with Crippen LogP contribution in [0, 0.1) is 5.41 Å². The van der Waals surface area contributed by atoms with Gasteiger partial charge in [0.25, 0.3) is 11.8 Å². The van der Waals surface area contributed by atoms with Gasteiger partial charge in [-0.05, 0) is 24.0 Å². The highest BCUT2D eigenvalue weighted by atomic mass is 16.7. The largest absolute Gasteiger partial charge is 0.377 e. The van der Waals surface area contributed by atoms with Gasteiger partial charge in [0.2, 0.25) is 0 Å². The van der Waals surface area contributed by atoms with Crippen LogP contribution in [0.15, 0.2) is 24.3 Å². The van der Waals surface area contributed by atoms with Crippen LogP contribution in [-0.2, 0) is 14.4 Å². The lowest BCUT2D eigenvalue weighted by Gasteiger charge is -2.15. The molecule has 0 radical (unpaired) electrons. The summed E-state index contributed by atoms with van der Waals surface area (Å²) in [4.78, 5) is 41.1. The first kappa shape index (κ1) is 14.7. The van der Waals surface area contributed by atoms with E-state index in [0.717, 1.165) is 6.42 Å². The van der Waals surface area contributed by atoms with E-state index in [1.807, 2.05) is 0 Å². The van der Waals surface area contributed by atoms with Gasteiger partial charge in [-0.2, -0.15) is 0 Å². The van der Waals surface area contributed by atoms with E-state index in [4.69, 9.17) is 9.57 Å². The van der Waals surface area contributed by atoms with Crippen molar-refractivity contribution in [2.75, 3.05) is 6.61 Å². The summed E-state index contributed by atoms with van der Waals surface area (Å²) >= 11 is 0. The lowest BCUT2D eigenvalue weighted by atomic mass is 9.90. The Labute approximate surface area is 127 Å². The summed E-state index contributed by atoms with van der Waals surface area (Å²) in [6, 6.07) is 6.38. The molecule has 1 saturated heterocycles. The molecule has 3 rings (SSSR count). The molecule has 0 aromatic heterocycles. The van der Waals surface area contributed by atoms with Crippen LogP contribution in [0.3, 0.4) is 0 Å². The van der Waals surface area contributed by atoms with Gasteiger partial charge in [-0.15, -0.1) is 0 Å². The molecule has 1 atom stereocenters. The Hall–Kier alpha value is -2.21. The van der Waals surface area contributed by atoms with Crippen LogP contribution in [0.2, 0.25) is 0 Å². The lowest BCUT2D eigenvalue weighted by molar-refractivity contribution is -0.170. The fourth-order valence-corrected chi connectivity index (χ4v) is 2.78. The number of nitrogens with zero attached hydrogens (tertiary/aromatic N) is 1. The number of amides is 2. The second-order valence-electron chi connectivity index (χ2n) is 6.42. The van der Waals surface area contributed by atoms with Gasteiger partial charge in [-0.1, -0.05) is 31.0 Å². The summed E-state index contributed by atoms with van der Waals surface area (Å²) in [6.07, 6.45) is 0.527. The van der Waals surface area contributed by atoms with Crippen LogP contribution in [0.25, 0.3) is 0 Å². The van der Waals surface area contributed by atoms with Crippen LogP contribution >= 0.6 is 0 Å². The van der Waals surface area contributed by atoms with E-state index in [-0.39, 0.29) is 29.1 Å². The van der Waals surface area contributed by atoms with Crippen molar-refractivity contribution in [1.29, 1.82) is 0 Å². The molecule has 0 aliphatic carbocycles. The molecule has 2 amide bonds. The van der Waals surface area contributed by atoms with E-state index < -0.39 is 17.8 Å². The monoisotopic (exact) mass is 303 g/mol. The van der Waals surface area contributed by atoms with Gasteiger partial charge in [0, 0.05) is 0 Å². The van der Waals surface area contributed by atoms with Gasteiger partial charge < -0.3 is 9.57 Å². The van der Waals surface area contributed by atoms with Crippen molar-refractivity contribution in [2.45, 2.75) is 32.8 Å². The number of hydrogen-bond acceptors (Lipinski definition) is 5. The van der Waals surface area contributed by atoms with Crippen molar-refractivity contribution in [2.24, 2.45) is 5.41 Å². The maximum absolute atomic E-state index is 12.1. The summed E-state index contributed by atoms with van der Waals surface area (Å²) in [5.41, 5.74) is 0.526. The lowest BCUT2D eigenvalue weighted by Crippen LogP contribution is -2.33. The Bertz CT molecular complexity index is 617. The minimum Gasteiger partial charge on any atom is -0.377 e. The number of ether oxygens (including phenoxy) is 1. The van der Waals surface area contributed by atoms with Gasteiger partial charge in [0.15, 0.2) is 0 Å². The highest BCUT2D eigenvalue weighted by Gasteiger charge is 2.40. The number of carbonyl (C=O) groups is 3. The number of hydrogen-bond donors (Lipinski definition) is 0. The summed E-state index contributed by atoms with van der Waals surface area (Å²) < 4.78 is 5.53. The Morgan fingerprint density at radius 1 is 1.27 bits per heavy atom. The first-order chi connectivity index (χ1) is 10.4. The zero-order chi connectivity index (χ0) is 15.9. The SMILES string of the molecule is CC1(C)COC(CC(=O)ON2C(=O)c3ccccc3C2=O)C1. The first-order valence-electron chi connectivity index (χ1n) is 7.18. The molecule has 22 heavy (non-hydrogen) atoms. The number of rotatable bonds is 3. The maximum atomic E-state index is 12.1. The van der Waals surface area contributed by atoms with Crippen molar-refractivity contribution in [3.8, 4) is 0 Å². The minimum absolute atomic E-state index is 0.0246. The molecule has 2 aliphatic rings. The van der Waals surface area contributed by atoms with Crippen molar-refractivity contribution in [3.05, 3.63) is 35.4 Å². The summed E-state index contributed by atoms with van der Waals surface area (Å²) in [5, 5.41) is 0.535. The second kappa shape index (κ2) is 5.21. The standard InChI is InChI=1S/C16H17NO5/c1-16(2)8-10(21-9-16)7-13(18)22-17-14(19)11-5-3-4-6-12(11)15(17)20/h3-6,10H,7-9H2,1-2H3. The molecule has 116 valence electrons. The molecule has 2 heterocycles. The first-order valence-corrected chi connectivity index (χ1v) is 7.18. The van der Waals surface area contributed by atoms with E-state index in [0.29, 0.717) is 11.7 Å². The van der Waals surface area contributed by atoms with Gasteiger partial charge in [0.1, 0.15) is 0 Å². The Balaban J connectivity index is 1.64. The fourth-order valence-electron chi connectivity index (χ4n) is 2.78. The van der Waals surface area contributed by atoms with Crippen molar-refractivity contribution in [1.82, 2.24) is 5.06 Å². The minimum atomic E-state index is -0.641. The van der Waals surface area contributed by atoms with Crippen LogP contribution in [0.4, 0.5) is 0 Å². The van der Waals surface area contributed by atoms with Crippen LogP contribution < -0.4 is 0 Å². The number of carbonyl (C=O) groups excluding carboxylic acids is 3. The molecule has 0 saturated carbocycles. The average molecular weight is 303 g/mol. The van der Waals surface area contributed by atoms with E-state index >= 15 is 0 Å². The number of fused-ring (bicyclic) bond motifs is 1. The van der Waals surface area contributed by atoms with E-state index in [2.05, 4.69) is 13.8 Å². The van der Waals surface area contributed by atoms with Crippen molar-refractivity contribution in [3.63, 3.8) is 0 Å². The molecule has 2 aliphatic heterocycles. The Morgan fingerprint density at radius 3 is 2.36 bits per heavy atom. The highest BCUT2D eigenvalue weighted by Crippen LogP contribution is 2.33. The van der Waals surface area contributed by atoms with Crippen LogP contribution in [0.5, 0.6) is 0 Å². The predicted octanol–water partition coefficient (Wildman–Crippen LogP) is 1.95. The molecule has 0 N–H and O–H groups in total. The average Bonchev–Trinajstić information content (AvgIpc) is 2.92. The van der Waals surface area contributed by atoms with Crippen molar-refractivity contribution < 1.29 is 24.0 Å². The van der Waals surface area contributed by atoms with Crippen LogP contribution in [-0.4, -0.2) is 35.6 Å². The number of hydroxylamine groups is 2. The Morgan fingerprint density at radius 2 is 1.86 bits per heavy atom. The van der Waals surface area contributed by atoms with E-state index in [1.54, 1.807) is 12.1 Å².